The van der Waals surface area contributed by atoms with E-state index in [4.69, 9.17) is 0 Å². The average Bonchev–Trinajstić information content (AvgIpc) is 3.17. The van der Waals surface area contributed by atoms with E-state index in [1.807, 2.05) is 26.8 Å². The van der Waals surface area contributed by atoms with Crippen molar-refractivity contribution in [2.45, 2.75) is 95.9 Å². The Hall–Kier alpha value is 0.471. The van der Waals surface area contributed by atoms with Gasteiger partial charge in [0.15, 0.2) is 0 Å². The van der Waals surface area contributed by atoms with Gasteiger partial charge >= 0.3 is 26.8 Å². The molecule has 0 spiro atoms. The molecule has 2 aliphatic rings. The van der Waals surface area contributed by atoms with Crippen LogP contribution in [0.2, 0.25) is 0 Å². The third-order valence-corrected chi connectivity index (χ3v) is 5.12. The van der Waals surface area contributed by atoms with Crippen LogP contribution < -0.4 is 0 Å². The summed E-state index contributed by atoms with van der Waals surface area (Å²) in [5.41, 5.74) is 6.89. The molecule has 2 aliphatic carbocycles. The molecule has 190 valence electrons. The molecule has 0 radical (unpaired) electrons. The van der Waals surface area contributed by atoms with Crippen LogP contribution in [0.15, 0.2) is 34.4 Å². The Kier molecular flexibility index (Phi) is 21.6. The van der Waals surface area contributed by atoms with Gasteiger partial charge in [0.05, 0.1) is 0 Å². The van der Waals surface area contributed by atoms with Gasteiger partial charge in [0.2, 0.25) is 0 Å². The number of rotatable bonds is 0. The average molecular weight is 536 g/mol. The van der Waals surface area contributed by atoms with Crippen molar-refractivity contribution in [3.05, 3.63) is 61.4 Å². The quantitative estimate of drug-likeness (QED) is 0.214. The molecule has 0 heterocycles. The third-order valence-electron chi connectivity index (χ3n) is 5.12. The second-order valence-corrected chi connectivity index (χ2v) is 11.9. The van der Waals surface area contributed by atoms with Crippen molar-refractivity contribution in [2.24, 2.45) is 21.7 Å². The molecule has 2 rings (SSSR count). The maximum absolute atomic E-state index is 3.48. The van der Waals surface area contributed by atoms with Crippen molar-refractivity contribution in [1.29, 1.82) is 0 Å². The van der Waals surface area contributed by atoms with E-state index in [0.29, 0.717) is 10.8 Å². The zero-order chi connectivity index (χ0) is 22.6. The van der Waals surface area contributed by atoms with Crippen LogP contribution in [0.4, 0.5) is 0 Å². The Bertz CT molecular complexity index is 598. The second-order valence-electron chi connectivity index (χ2n) is 11.9. The molecule has 0 unspecified atom stereocenters. The number of halogens is 2. The molecule has 0 aromatic rings. The first kappa shape index (κ1) is 42.6. The Labute approximate surface area is 229 Å². The topological polar surface area (TPSA) is 0 Å². The van der Waals surface area contributed by atoms with Gasteiger partial charge in [-0.15, -0.1) is 37.7 Å². The summed E-state index contributed by atoms with van der Waals surface area (Å²) in [7, 11) is 1.86. The fourth-order valence-electron chi connectivity index (χ4n) is 2.86. The number of hydrogen-bond donors (Lipinski definition) is 0. The van der Waals surface area contributed by atoms with E-state index in [-0.39, 0.29) is 50.5 Å². The van der Waals surface area contributed by atoms with E-state index < -0.39 is 0 Å². The minimum absolute atomic E-state index is 0. The Balaban J connectivity index is -0.000000126. The van der Waals surface area contributed by atoms with Gasteiger partial charge in [0.1, 0.15) is 0 Å². The Morgan fingerprint density at radius 1 is 0.562 bits per heavy atom. The summed E-state index contributed by atoms with van der Waals surface area (Å²) in [6, 6.07) is 0. The first-order chi connectivity index (χ1) is 12.4. The summed E-state index contributed by atoms with van der Waals surface area (Å²) >= 11 is 2.03. The fraction of sp³-hybridized carbons (Fsp3) is 0.643. The molecule has 32 heavy (non-hydrogen) atoms. The summed E-state index contributed by atoms with van der Waals surface area (Å²) in [6.07, 6.45) is 13.7. The van der Waals surface area contributed by atoms with Crippen LogP contribution in [0, 0.1) is 48.7 Å². The van der Waals surface area contributed by atoms with Crippen LogP contribution in [0.5, 0.6) is 0 Å². The van der Waals surface area contributed by atoms with E-state index in [1.165, 1.54) is 22.3 Å². The van der Waals surface area contributed by atoms with Gasteiger partial charge in [-0.05, 0) is 21.7 Å². The molecule has 0 saturated heterocycles. The van der Waals surface area contributed by atoms with Crippen molar-refractivity contribution in [3.8, 4) is 0 Å². The molecule has 4 heteroatoms. The zero-order valence-electron chi connectivity index (χ0n) is 23.6. The second kappa shape index (κ2) is 16.2. The van der Waals surface area contributed by atoms with Crippen LogP contribution in [0.25, 0.3) is 0 Å². The van der Waals surface area contributed by atoms with Gasteiger partial charge in [0, 0.05) is 0 Å². The van der Waals surface area contributed by atoms with Crippen molar-refractivity contribution in [3.63, 3.8) is 0 Å². The molecule has 0 aromatic carbocycles. The van der Waals surface area contributed by atoms with E-state index in [1.54, 1.807) is 0 Å². The monoisotopic (exact) mass is 534 g/mol. The summed E-state index contributed by atoms with van der Waals surface area (Å²) < 4.78 is 0. The van der Waals surface area contributed by atoms with Gasteiger partial charge < -0.3 is 14.9 Å². The molecule has 0 fully saturated rings. The van der Waals surface area contributed by atoms with Crippen LogP contribution in [-0.4, -0.2) is 7.63 Å². The van der Waals surface area contributed by atoms with Crippen molar-refractivity contribution in [1.82, 2.24) is 0 Å². The van der Waals surface area contributed by atoms with Gasteiger partial charge in [-0.2, -0.15) is 11.1 Å². The normalized spacial score (nSPS) is 15.2. The predicted molar refractivity (Wildman–Crippen MR) is 153 cm³/mol. The molecule has 0 aliphatic heterocycles. The molecular weight excluding hydrogens is 483 g/mol. The fourth-order valence-corrected chi connectivity index (χ4v) is 2.86. The van der Waals surface area contributed by atoms with Crippen LogP contribution >= 0.6 is 24.8 Å². The van der Waals surface area contributed by atoms with Gasteiger partial charge in [-0.3, -0.25) is 12.2 Å². The predicted octanol–water partition coefficient (Wildman–Crippen LogP) is 9.10. The number of hydrogen-bond acceptors (Lipinski definition) is 0. The van der Waals surface area contributed by atoms with Crippen molar-refractivity contribution in [2.75, 3.05) is 0 Å². The van der Waals surface area contributed by atoms with E-state index in [9.17, 15) is 0 Å². The van der Waals surface area contributed by atoms with Gasteiger partial charge in [-0.25, -0.2) is 23.3 Å². The van der Waals surface area contributed by atoms with Crippen LogP contribution in [0.1, 0.15) is 95.9 Å². The molecule has 0 atom stereocenters. The summed E-state index contributed by atoms with van der Waals surface area (Å²) in [4.78, 5) is 0. The maximum atomic E-state index is 3.48. The van der Waals surface area contributed by atoms with E-state index >= 15 is 0 Å². The summed E-state index contributed by atoms with van der Waals surface area (Å²) in [5.74, 6) is 0. The molecule has 0 nitrogen and oxygen atoms in total. The number of allylic oxidation sites excluding steroid dienone is 8. The first-order valence-electron chi connectivity index (χ1n) is 10.4. The molecule has 0 aromatic heterocycles. The first-order valence-corrected chi connectivity index (χ1v) is 14.4. The molecule has 0 amide bonds. The molecule has 0 bridgehead atoms. The Morgan fingerprint density at radius 2 is 0.781 bits per heavy atom. The standard InChI is InChI=1S/2C13H21.2CH3.2ClH.H2Si.Ti/c2*1-12(2,3)10-7-8-11(9-10)13(4,5)6;;;;;;/h2*9H,7H2,1-6H3;2*1H3;2*1H;1H2;/q4*-1;;;;. The third kappa shape index (κ3) is 14.7. The SMILES string of the molecule is CC(C)(C)C1=[C-]CC(C(C)(C)C)=C1.CC(C)(C)C1=[C-]CC(C(C)(C)C)=C1.Cl.Cl.[CH3-].[CH3-].[SiH2]=[Ti]. The Morgan fingerprint density at radius 3 is 0.875 bits per heavy atom. The van der Waals surface area contributed by atoms with Gasteiger partial charge in [-0.1, -0.05) is 83.1 Å². The molecule has 0 saturated carbocycles. The van der Waals surface area contributed by atoms with Crippen molar-refractivity contribution >= 4 is 32.4 Å². The minimum atomic E-state index is 0. The zero-order valence-corrected chi connectivity index (χ0v) is 28.2. The van der Waals surface area contributed by atoms with Gasteiger partial charge in [0.25, 0.3) is 0 Å². The summed E-state index contributed by atoms with van der Waals surface area (Å²) in [6.45, 7) is 27.1. The van der Waals surface area contributed by atoms with Crippen LogP contribution in [-0.2, 0) is 19.2 Å². The molecular formula is C28H52Cl2SiTi-4. The van der Waals surface area contributed by atoms with E-state index in [2.05, 4.69) is 107 Å². The van der Waals surface area contributed by atoms with E-state index in [0.717, 1.165) is 12.8 Å². The van der Waals surface area contributed by atoms with Crippen LogP contribution in [0.3, 0.4) is 0 Å². The summed E-state index contributed by atoms with van der Waals surface area (Å²) in [5, 5.41) is 0. The molecule has 0 N–H and O–H groups in total. The van der Waals surface area contributed by atoms with Crippen molar-refractivity contribution < 1.29 is 19.2 Å².